The Kier molecular flexibility index (Phi) is 5.04. The molecule has 1 atom stereocenters. The van der Waals surface area contributed by atoms with Gasteiger partial charge in [0.2, 0.25) is 5.91 Å². The van der Waals surface area contributed by atoms with Gasteiger partial charge in [0.05, 0.1) is 0 Å². The highest BCUT2D eigenvalue weighted by atomic mass is 16.1. The normalized spacial score (nSPS) is 23.8. The van der Waals surface area contributed by atoms with E-state index in [1.165, 1.54) is 22.3 Å². The van der Waals surface area contributed by atoms with E-state index in [1.54, 1.807) is 0 Å². The van der Waals surface area contributed by atoms with Crippen molar-refractivity contribution in [2.24, 2.45) is 11.7 Å². The Balaban J connectivity index is 1.98. The molecule has 1 aliphatic carbocycles. The molecule has 2 rings (SSSR count). The lowest BCUT2D eigenvalue weighted by Crippen LogP contribution is -2.38. The van der Waals surface area contributed by atoms with Gasteiger partial charge in [0, 0.05) is 18.0 Å². The molecule has 3 nitrogen and oxygen atoms in total. The van der Waals surface area contributed by atoms with Gasteiger partial charge in [-0.3, -0.25) is 4.79 Å². The number of hydrogen-bond donors (Lipinski definition) is 2. The van der Waals surface area contributed by atoms with E-state index in [2.05, 4.69) is 45.1 Å². The molecule has 3 heteroatoms. The summed E-state index contributed by atoms with van der Waals surface area (Å²) in [6.07, 6.45) is 3.93. The van der Waals surface area contributed by atoms with Crippen molar-refractivity contribution in [3.05, 3.63) is 34.4 Å². The summed E-state index contributed by atoms with van der Waals surface area (Å²) in [6, 6.07) is 5.42. The number of nitrogens with two attached hydrogens (primary N) is 1. The van der Waals surface area contributed by atoms with E-state index in [-0.39, 0.29) is 11.8 Å². The van der Waals surface area contributed by atoms with Crippen molar-refractivity contribution in [3.63, 3.8) is 0 Å². The molecular weight excluding hydrogens is 260 g/mol. The minimum absolute atomic E-state index is 0.0849. The van der Waals surface area contributed by atoms with Gasteiger partial charge in [-0.1, -0.05) is 12.1 Å². The molecule has 1 fully saturated rings. The number of benzene rings is 1. The smallest absolute Gasteiger partial charge is 0.220 e. The molecular formula is C18H28N2O. The first-order valence-electron chi connectivity index (χ1n) is 8.01. The highest BCUT2D eigenvalue weighted by molar-refractivity contribution is 5.76. The maximum atomic E-state index is 11.2. The number of hydrogen-bond acceptors (Lipinski definition) is 2. The molecule has 0 bridgehead atoms. The van der Waals surface area contributed by atoms with Crippen molar-refractivity contribution in [3.8, 4) is 0 Å². The van der Waals surface area contributed by atoms with Crippen molar-refractivity contribution < 1.29 is 4.79 Å². The van der Waals surface area contributed by atoms with Gasteiger partial charge in [0.15, 0.2) is 0 Å². The van der Waals surface area contributed by atoms with E-state index in [0.29, 0.717) is 12.1 Å². The zero-order valence-electron chi connectivity index (χ0n) is 13.7. The lowest BCUT2D eigenvalue weighted by Gasteiger charge is -2.30. The fourth-order valence-corrected chi connectivity index (χ4v) is 3.44. The zero-order chi connectivity index (χ0) is 15.6. The van der Waals surface area contributed by atoms with Crippen LogP contribution in [-0.4, -0.2) is 11.9 Å². The maximum Gasteiger partial charge on any atom is 0.220 e. The molecule has 0 aliphatic heterocycles. The average Bonchev–Trinajstić information content (AvgIpc) is 2.43. The fraction of sp³-hybridized carbons (Fsp3) is 0.611. The first-order valence-corrected chi connectivity index (χ1v) is 8.01. The van der Waals surface area contributed by atoms with Gasteiger partial charge in [-0.15, -0.1) is 0 Å². The lowest BCUT2D eigenvalue weighted by molar-refractivity contribution is -0.122. The molecule has 21 heavy (non-hydrogen) atoms. The Morgan fingerprint density at radius 1 is 1.10 bits per heavy atom. The average molecular weight is 288 g/mol. The first kappa shape index (κ1) is 16.0. The molecule has 0 saturated heterocycles. The highest BCUT2D eigenvalue weighted by Gasteiger charge is 2.25. The van der Waals surface area contributed by atoms with Gasteiger partial charge in [-0.25, -0.2) is 0 Å². The standard InChI is InChI=1S/C18H28N2O/c1-11-9-13(3)17(10-12(11)2)14(4)20-16-7-5-15(6-8-16)18(19)21/h9-10,14-16,20H,5-8H2,1-4H3,(H2,19,21). The molecule has 1 aromatic carbocycles. The second-order valence-electron chi connectivity index (χ2n) is 6.63. The summed E-state index contributed by atoms with van der Waals surface area (Å²) in [5.41, 5.74) is 10.8. The maximum absolute atomic E-state index is 11.2. The quantitative estimate of drug-likeness (QED) is 0.893. The van der Waals surface area contributed by atoms with Crippen LogP contribution in [0.2, 0.25) is 0 Å². The van der Waals surface area contributed by atoms with Gasteiger partial charge in [-0.05, 0) is 75.6 Å². The zero-order valence-corrected chi connectivity index (χ0v) is 13.7. The Morgan fingerprint density at radius 3 is 2.24 bits per heavy atom. The van der Waals surface area contributed by atoms with Gasteiger partial charge in [-0.2, -0.15) is 0 Å². The molecule has 0 aromatic heterocycles. The van der Waals surface area contributed by atoms with Gasteiger partial charge >= 0.3 is 0 Å². The molecule has 3 N–H and O–H groups in total. The number of amides is 1. The number of rotatable bonds is 4. The number of primary amides is 1. The van der Waals surface area contributed by atoms with Crippen LogP contribution in [0.1, 0.15) is 60.9 Å². The molecule has 1 amide bonds. The molecule has 0 spiro atoms. The molecule has 0 heterocycles. The number of carbonyl (C=O) groups is 1. The van der Waals surface area contributed by atoms with Crippen molar-refractivity contribution in [2.45, 2.75) is 65.5 Å². The van der Waals surface area contributed by atoms with Gasteiger partial charge in [0.1, 0.15) is 0 Å². The van der Waals surface area contributed by atoms with Crippen molar-refractivity contribution in [2.75, 3.05) is 0 Å². The second kappa shape index (κ2) is 6.61. The van der Waals surface area contributed by atoms with E-state index in [0.717, 1.165) is 25.7 Å². The summed E-state index contributed by atoms with van der Waals surface area (Å²) < 4.78 is 0. The van der Waals surface area contributed by atoms with Gasteiger partial charge in [0.25, 0.3) is 0 Å². The monoisotopic (exact) mass is 288 g/mol. The van der Waals surface area contributed by atoms with E-state index in [9.17, 15) is 4.79 Å². The molecule has 1 aliphatic rings. The largest absolute Gasteiger partial charge is 0.369 e. The van der Waals surface area contributed by atoms with E-state index < -0.39 is 0 Å². The lowest BCUT2D eigenvalue weighted by atomic mass is 9.85. The van der Waals surface area contributed by atoms with Gasteiger partial charge < -0.3 is 11.1 Å². The third kappa shape index (κ3) is 3.85. The van der Waals surface area contributed by atoms with E-state index in [4.69, 9.17) is 5.73 Å². The van der Waals surface area contributed by atoms with Crippen LogP contribution >= 0.6 is 0 Å². The molecule has 116 valence electrons. The van der Waals surface area contributed by atoms with Crippen LogP contribution in [-0.2, 0) is 4.79 Å². The third-order valence-electron chi connectivity index (χ3n) is 4.96. The van der Waals surface area contributed by atoms with Crippen LogP contribution in [0.5, 0.6) is 0 Å². The summed E-state index contributed by atoms with van der Waals surface area (Å²) >= 11 is 0. The fourth-order valence-electron chi connectivity index (χ4n) is 3.44. The summed E-state index contributed by atoms with van der Waals surface area (Å²) in [4.78, 5) is 11.2. The van der Waals surface area contributed by atoms with Crippen LogP contribution in [0.25, 0.3) is 0 Å². The van der Waals surface area contributed by atoms with Crippen LogP contribution in [0, 0.1) is 26.7 Å². The van der Waals surface area contributed by atoms with Crippen LogP contribution in [0.15, 0.2) is 12.1 Å². The molecule has 1 aromatic rings. The topological polar surface area (TPSA) is 55.1 Å². The molecule has 0 radical (unpaired) electrons. The highest BCUT2D eigenvalue weighted by Crippen LogP contribution is 2.27. The predicted molar refractivity (Wildman–Crippen MR) is 87.1 cm³/mol. The number of aryl methyl sites for hydroxylation is 3. The second-order valence-corrected chi connectivity index (χ2v) is 6.63. The number of carbonyl (C=O) groups excluding carboxylic acids is 1. The minimum atomic E-state index is -0.133. The van der Waals surface area contributed by atoms with Crippen molar-refractivity contribution in [1.82, 2.24) is 5.32 Å². The van der Waals surface area contributed by atoms with Crippen molar-refractivity contribution in [1.29, 1.82) is 0 Å². The first-order chi connectivity index (χ1) is 9.88. The minimum Gasteiger partial charge on any atom is -0.369 e. The Labute approximate surface area is 128 Å². The van der Waals surface area contributed by atoms with Crippen LogP contribution < -0.4 is 11.1 Å². The molecule has 1 unspecified atom stereocenters. The Bertz CT molecular complexity index is 516. The van der Waals surface area contributed by atoms with Crippen LogP contribution in [0.4, 0.5) is 0 Å². The Morgan fingerprint density at radius 2 is 1.67 bits per heavy atom. The molecule has 1 saturated carbocycles. The summed E-state index contributed by atoms with van der Waals surface area (Å²) in [7, 11) is 0. The predicted octanol–water partition coefficient (Wildman–Crippen LogP) is 3.31. The van der Waals surface area contributed by atoms with E-state index in [1.807, 2.05) is 0 Å². The number of nitrogens with one attached hydrogen (secondary N) is 1. The summed E-state index contributed by atoms with van der Waals surface area (Å²) in [5.74, 6) is -0.0480. The van der Waals surface area contributed by atoms with Crippen molar-refractivity contribution >= 4 is 5.91 Å². The van der Waals surface area contributed by atoms with Crippen LogP contribution in [0.3, 0.4) is 0 Å². The summed E-state index contributed by atoms with van der Waals surface area (Å²) in [5, 5.41) is 3.73. The Hall–Kier alpha value is -1.35. The summed E-state index contributed by atoms with van der Waals surface area (Å²) in [6.45, 7) is 8.75. The third-order valence-corrected chi connectivity index (χ3v) is 4.96. The SMILES string of the molecule is Cc1cc(C)c(C(C)NC2CCC(C(N)=O)CC2)cc1C. The van der Waals surface area contributed by atoms with E-state index >= 15 is 0 Å².